The van der Waals surface area contributed by atoms with Crippen LogP contribution in [0.1, 0.15) is 33.6 Å². The van der Waals surface area contributed by atoms with Crippen LogP contribution in [0, 0.1) is 11.3 Å². The number of aliphatic hydroxyl groups is 2. The van der Waals surface area contributed by atoms with E-state index in [1.165, 1.54) is 6.92 Å². The third-order valence-electron chi connectivity index (χ3n) is 4.85. The van der Waals surface area contributed by atoms with Gasteiger partial charge in [0.15, 0.2) is 17.2 Å². The first kappa shape index (κ1) is 17.6. The highest BCUT2D eigenvalue weighted by Gasteiger charge is 2.56. The highest BCUT2D eigenvalue weighted by molar-refractivity contribution is 5.96. The van der Waals surface area contributed by atoms with Crippen LogP contribution in [-0.2, 0) is 19.1 Å². The molecule has 6 nitrogen and oxygen atoms in total. The summed E-state index contributed by atoms with van der Waals surface area (Å²) in [5.41, 5.74) is -1.88. The summed E-state index contributed by atoms with van der Waals surface area (Å²) in [5, 5.41) is 20.7. The Kier molecular flexibility index (Phi) is 4.59. The third-order valence-corrected chi connectivity index (χ3v) is 4.85. The zero-order valence-corrected chi connectivity index (χ0v) is 13.5. The highest BCUT2D eigenvalue weighted by Crippen LogP contribution is 2.50. The molecule has 0 aromatic rings. The Balaban J connectivity index is 2.33. The van der Waals surface area contributed by atoms with Crippen LogP contribution in [0.4, 0.5) is 0 Å². The third kappa shape index (κ3) is 3.14. The number of ketones is 2. The molecule has 2 aliphatic carbocycles. The molecule has 0 bridgehead atoms. The van der Waals surface area contributed by atoms with Crippen LogP contribution in [0.25, 0.3) is 0 Å². The molecule has 4 atom stereocenters. The normalized spacial score (nSPS) is 34.4. The molecule has 2 N–H and O–H groups in total. The summed E-state index contributed by atoms with van der Waals surface area (Å²) in [6.45, 7) is 4.38. The van der Waals surface area contributed by atoms with Crippen molar-refractivity contribution in [1.82, 2.24) is 0 Å². The van der Waals surface area contributed by atoms with Crippen LogP contribution >= 0.6 is 0 Å². The maximum atomic E-state index is 12.4. The highest BCUT2D eigenvalue weighted by atomic mass is 16.5. The van der Waals surface area contributed by atoms with Crippen LogP contribution in [0.2, 0.25) is 0 Å². The fraction of sp³-hybridized carbons (Fsp3) is 0.588. The molecule has 1 saturated carbocycles. The molecular weight excluding hydrogens is 300 g/mol. The maximum Gasteiger partial charge on any atom is 0.302 e. The van der Waals surface area contributed by atoms with Crippen LogP contribution < -0.4 is 0 Å². The Bertz CT molecular complexity index is 604. The topological polar surface area (TPSA) is 101 Å². The zero-order valence-electron chi connectivity index (χ0n) is 13.5. The second kappa shape index (κ2) is 6.02. The Morgan fingerprint density at radius 3 is 2.65 bits per heavy atom. The molecule has 1 unspecified atom stereocenters. The van der Waals surface area contributed by atoms with Gasteiger partial charge in [-0.25, -0.2) is 0 Å². The van der Waals surface area contributed by atoms with Gasteiger partial charge in [0, 0.05) is 13.3 Å². The van der Waals surface area contributed by atoms with Crippen LogP contribution in [0.5, 0.6) is 0 Å². The molecule has 6 heteroatoms. The van der Waals surface area contributed by atoms with Gasteiger partial charge < -0.3 is 14.9 Å². The van der Waals surface area contributed by atoms with Gasteiger partial charge in [0.2, 0.25) is 0 Å². The van der Waals surface area contributed by atoms with Gasteiger partial charge in [0.25, 0.3) is 0 Å². The first-order valence-corrected chi connectivity index (χ1v) is 7.56. The van der Waals surface area contributed by atoms with Crippen molar-refractivity contribution < 1.29 is 29.3 Å². The van der Waals surface area contributed by atoms with E-state index in [2.05, 4.69) is 0 Å². The second-order valence-electron chi connectivity index (χ2n) is 6.68. The fourth-order valence-electron chi connectivity index (χ4n) is 3.45. The molecule has 0 aromatic carbocycles. The summed E-state index contributed by atoms with van der Waals surface area (Å²) in [6.07, 6.45) is 3.64. The van der Waals surface area contributed by atoms with Crippen molar-refractivity contribution in [3.8, 4) is 0 Å². The number of Topliss-reactive ketones (excluding diaryl/α,β-unsaturated/α-hetero) is 2. The van der Waals surface area contributed by atoms with E-state index in [1.807, 2.05) is 13.0 Å². The van der Waals surface area contributed by atoms with Gasteiger partial charge in [-0.3, -0.25) is 14.4 Å². The molecule has 0 saturated heterocycles. The van der Waals surface area contributed by atoms with Crippen molar-refractivity contribution in [1.29, 1.82) is 0 Å². The van der Waals surface area contributed by atoms with E-state index in [0.717, 1.165) is 12.5 Å². The van der Waals surface area contributed by atoms with E-state index in [9.17, 15) is 24.6 Å². The largest absolute Gasteiger partial charge is 0.461 e. The van der Waals surface area contributed by atoms with Gasteiger partial charge in [0.1, 0.15) is 12.7 Å². The molecule has 2 aliphatic rings. The predicted molar refractivity (Wildman–Crippen MR) is 81.3 cm³/mol. The minimum atomic E-state index is -2.10. The lowest BCUT2D eigenvalue weighted by Crippen LogP contribution is -2.59. The van der Waals surface area contributed by atoms with Crippen LogP contribution in [0.3, 0.4) is 0 Å². The van der Waals surface area contributed by atoms with Gasteiger partial charge in [-0.2, -0.15) is 0 Å². The standard InChI is InChI=1S/C17H22O6/c1-10(18)15(21)17(22)7-13-12(9-23-11(2)19)5-4-6-16(13,3)8-14(17)20/h4-6,13,15,21-22H,7-9H2,1-3H3/t13-,15?,16-,17-/m0/s1. The summed E-state index contributed by atoms with van der Waals surface area (Å²) in [4.78, 5) is 34.9. The number of ether oxygens (including phenoxy) is 1. The van der Waals surface area contributed by atoms with Gasteiger partial charge in [-0.05, 0) is 30.3 Å². The number of allylic oxidation sites excluding steroid dienone is 3. The Morgan fingerprint density at radius 1 is 1.43 bits per heavy atom. The summed E-state index contributed by atoms with van der Waals surface area (Å²) in [5.74, 6) is -1.92. The van der Waals surface area contributed by atoms with Gasteiger partial charge in [0.05, 0.1) is 0 Å². The number of carbonyl (C=O) groups is 3. The summed E-state index contributed by atoms with van der Waals surface area (Å²) in [7, 11) is 0. The second-order valence-corrected chi connectivity index (χ2v) is 6.68. The van der Waals surface area contributed by atoms with Crippen LogP contribution in [0.15, 0.2) is 23.8 Å². The Hall–Kier alpha value is -1.79. The maximum absolute atomic E-state index is 12.4. The predicted octanol–water partition coefficient (Wildman–Crippen LogP) is 0.712. The monoisotopic (exact) mass is 322 g/mol. The first-order valence-electron chi connectivity index (χ1n) is 7.56. The Morgan fingerprint density at radius 2 is 2.09 bits per heavy atom. The van der Waals surface area contributed by atoms with Crippen molar-refractivity contribution in [2.24, 2.45) is 11.3 Å². The smallest absolute Gasteiger partial charge is 0.302 e. The van der Waals surface area contributed by atoms with Crippen molar-refractivity contribution in [2.75, 3.05) is 6.61 Å². The summed E-state index contributed by atoms with van der Waals surface area (Å²) < 4.78 is 5.04. The van der Waals surface area contributed by atoms with Crippen molar-refractivity contribution >= 4 is 17.5 Å². The Labute approximate surface area is 134 Å². The van der Waals surface area contributed by atoms with Crippen molar-refractivity contribution in [3.05, 3.63) is 23.8 Å². The molecule has 0 radical (unpaired) electrons. The molecule has 0 spiro atoms. The van der Waals surface area contributed by atoms with Gasteiger partial charge in [-0.15, -0.1) is 0 Å². The fourth-order valence-corrected chi connectivity index (χ4v) is 3.45. The molecule has 0 aromatic heterocycles. The van der Waals surface area contributed by atoms with Gasteiger partial charge in [-0.1, -0.05) is 25.2 Å². The molecule has 23 heavy (non-hydrogen) atoms. The number of carbonyl (C=O) groups excluding carboxylic acids is 3. The quantitative estimate of drug-likeness (QED) is 0.739. The lowest BCUT2D eigenvalue weighted by molar-refractivity contribution is -0.170. The first-order chi connectivity index (χ1) is 10.6. The van der Waals surface area contributed by atoms with E-state index in [4.69, 9.17) is 4.74 Å². The van der Waals surface area contributed by atoms with Crippen LogP contribution in [-0.4, -0.2) is 46.1 Å². The molecule has 0 amide bonds. The van der Waals surface area contributed by atoms with E-state index >= 15 is 0 Å². The van der Waals surface area contributed by atoms with Gasteiger partial charge >= 0.3 is 5.97 Å². The number of esters is 1. The lowest BCUT2D eigenvalue weighted by atomic mass is 9.57. The summed E-state index contributed by atoms with van der Waals surface area (Å²) >= 11 is 0. The number of hydrogen-bond donors (Lipinski definition) is 2. The number of hydrogen-bond acceptors (Lipinski definition) is 6. The zero-order chi connectivity index (χ0) is 17.4. The molecule has 0 heterocycles. The lowest BCUT2D eigenvalue weighted by Gasteiger charge is -2.48. The molecule has 126 valence electrons. The minimum absolute atomic E-state index is 0.00637. The van der Waals surface area contributed by atoms with E-state index in [0.29, 0.717) is 0 Å². The van der Waals surface area contributed by atoms with Crippen molar-refractivity contribution in [3.63, 3.8) is 0 Å². The SMILES string of the molecule is CC(=O)OCC1=CC=C[C@@]2(C)CC(=O)[C@](O)(C(O)C(C)=O)C[C@@H]12. The van der Waals surface area contributed by atoms with Crippen molar-refractivity contribution in [2.45, 2.75) is 45.3 Å². The number of fused-ring (bicyclic) bond motifs is 1. The molecule has 1 fully saturated rings. The minimum Gasteiger partial charge on any atom is -0.461 e. The van der Waals surface area contributed by atoms with E-state index in [-0.39, 0.29) is 25.4 Å². The summed E-state index contributed by atoms with van der Waals surface area (Å²) in [6, 6.07) is 0. The average molecular weight is 322 g/mol. The number of rotatable bonds is 4. The van der Waals surface area contributed by atoms with E-state index < -0.39 is 34.7 Å². The molecular formula is C17H22O6. The van der Waals surface area contributed by atoms with E-state index in [1.54, 1.807) is 12.2 Å². The number of aliphatic hydroxyl groups excluding tert-OH is 1. The molecule has 0 aliphatic heterocycles. The average Bonchev–Trinajstić information content (AvgIpc) is 2.45. The molecule has 2 rings (SSSR count).